The lowest BCUT2D eigenvalue weighted by atomic mass is 9.90. The topological polar surface area (TPSA) is 75.5 Å². The second-order valence-corrected chi connectivity index (χ2v) is 8.50. The number of carbonyl (C=O) groups is 2. The highest BCUT2D eigenvalue weighted by molar-refractivity contribution is 5.95. The molecule has 0 saturated heterocycles. The monoisotopic (exact) mass is 420 g/mol. The molecule has 0 aliphatic rings. The number of benzene rings is 1. The van der Waals surface area contributed by atoms with E-state index >= 15 is 0 Å². The van der Waals surface area contributed by atoms with Crippen molar-refractivity contribution in [1.82, 2.24) is 20.0 Å². The normalized spacial score (nSPS) is 13.2. The van der Waals surface area contributed by atoms with Crippen LogP contribution in [0.5, 0.6) is 0 Å². The molecule has 1 aromatic carbocycles. The van der Waals surface area contributed by atoms with Crippen LogP contribution in [0.2, 0.25) is 0 Å². The zero-order valence-electron chi connectivity index (χ0n) is 18.8. The molecule has 0 aliphatic carbocycles. The summed E-state index contributed by atoms with van der Waals surface area (Å²) in [6, 6.07) is 15.7. The number of nitrogens with one attached hydrogen (secondary N) is 2. The summed E-state index contributed by atoms with van der Waals surface area (Å²) in [5, 5.41) is 6.00. The van der Waals surface area contributed by atoms with Gasteiger partial charge < -0.3 is 10.6 Å². The first kappa shape index (κ1) is 22.5. The Labute approximate surface area is 184 Å². The first-order valence-electron chi connectivity index (χ1n) is 11.0. The number of imidazole rings is 1. The molecule has 31 heavy (non-hydrogen) atoms. The van der Waals surface area contributed by atoms with Crippen molar-refractivity contribution >= 4 is 17.5 Å². The van der Waals surface area contributed by atoms with Gasteiger partial charge in [0.05, 0.1) is 0 Å². The van der Waals surface area contributed by atoms with E-state index < -0.39 is 0 Å². The van der Waals surface area contributed by atoms with Crippen LogP contribution in [0.1, 0.15) is 73.0 Å². The first-order chi connectivity index (χ1) is 14.9. The Balaban J connectivity index is 1.77. The van der Waals surface area contributed by atoms with Gasteiger partial charge in [-0.1, -0.05) is 57.2 Å². The molecule has 3 rings (SSSR count). The number of fused-ring (bicyclic) bond motifs is 1. The zero-order chi connectivity index (χ0) is 22.4. The molecule has 0 fully saturated rings. The lowest BCUT2D eigenvalue weighted by Gasteiger charge is -2.20. The number of carbonyl (C=O) groups excluding carboxylic acids is 2. The fraction of sp³-hybridized carbons (Fsp3) is 0.400. The molecule has 2 aromatic heterocycles. The van der Waals surface area contributed by atoms with Gasteiger partial charge in [-0.2, -0.15) is 0 Å². The molecule has 2 N–H and O–H groups in total. The van der Waals surface area contributed by atoms with Gasteiger partial charge in [0.2, 0.25) is 0 Å². The average molecular weight is 421 g/mol. The molecule has 0 aliphatic heterocycles. The van der Waals surface area contributed by atoms with Crippen LogP contribution in [0.25, 0.3) is 5.65 Å². The van der Waals surface area contributed by atoms with E-state index in [9.17, 15) is 9.59 Å². The Morgan fingerprint density at radius 3 is 2.42 bits per heavy atom. The summed E-state index contributed by atoms with van der Waals surface area (Å²) >= 11 is 0. The summed E-state index contributed by atoms with van der Waals surface area (Å²) in [5.74, 6) is 0.349. The number of aromatic nitrogens is 2. The standard InChI is InChI=1S/C25H32N4O2/c1-5-18(4)27-24(30)21-16-29-22(12-9-13-23(29)28-21)25(31)26-15-20(14-17(2)3)19-10-7-6-8-11-19/h6-13,16-18,20H,5,14-15H2,1-4H3,(H,26,31)(H,27,30). The number of pyridine rings is 1. The van der Waals surface area contributed by atoms with E-state index in [0.717, 1.165) is 12.8 Å². The van der Waals surface area contributed by atoms with Crippen molar-refractivity contribution in [2.75, 3.05) is 6.54 Å². The summed E-state index contributed by atoms with van der Waals surface area (Å²) < 4.78 is 1.68. The number of amides is 2. The van der Waals surface area contributed by atoms with Gasteiger partial charge in [0.1, 0.15) is 17.0 Å². The van der Waals surface area contributed by atoms with Crippen LogP contribution in [0.3, 0.4) is 0 Å². The van der Waals surface area contributed by atoms with E-state index in [1.165, 1.54) is 5.56 Å². The highest BCUT2D eigenvalue weighted by Gasteiger charge is 2.19. The molecule has 2 atom stereocenters. The van der Waals surface area contributed by atoms with Gasteiger partial charge in [-0.15, -0.1) is 0 Å². The second kappa shape index (κ2) is 10.2. The van der Waals surface area contributed by atoms with Crippen molar-refractivity contribution in [3.63, 3.8) is 0 Å². The van der Waals surface area contributed by atoms with E-state index in [2.05, 4.69) is 41.6 Å². The molecule has 0 saturated carbocycles. The van der Waals surface area contributed by atoms with Crippen molar-refractivity contribution < 1.29 is 9.59 Å². The smallest absolute Gasteiger partial charge is 0.271 e. The minimum absolute atomic E-state index is 0.0657. The van der Waals surface area contributed by atoms with Crippen molar-refractivity contribution in [2.24, 2.45) is 5.92 Å². The van der Waals surface area contributed by atoms with E-state index in [0.29, 0.717) is 29.5 Å². The molecular formula is C25H32N4O2. The van der Waals surface area contributed by atoms with Gasteiger partial charge in [-0.25, -0.2) is 4.98 Å². The number of nitrogens with zero attached hydrogens (tertiary/aromatic N) is 2. The molecule has 2 amide bonds. The van der Waals surface area contributed by atoms with E-state index in [4.69, 9.17) is 0 Å². The van der Waals surface area contributed by atoms with Gasteiger partial charge in [0.15, 0.2) is 0 Å². The third-order valence-corrected chi connectivity index (χ3v) is 5.48. The fourth-order valence-electron chi connectivity index (χ4n) is 3.64. The minimum atomic E-state index is -0.231. The van der Waals surface area contributed by atoms with Crippen molar-refractivity contribution in [3.8, 4) is 0 Å². The van der Waals surface area contributed by atoms with Crippen LogP contribution in [-0.2, 0) is 0 Å². The van der Waals surface area contributed by atoms with Crippen LogP contribution in [0.15, 0.2) is 54.7 Å². The first-order valence-corrected chi connectivity index (χ1v) is 11.0. The maximum atomic E-state index is 13.0. The quantitative estimate of drug-likeness (QED) is 0.538. The van der Waals surface area contributed by atoms with Crippen molar-refractivity contribution in [2.45, 2.75) is 52.5 Å². The SMILES string of the molecule is CCC(C)NC(=O)c1cn2c(C(=O)NCC(CC(C)C)c3ccccc3)cccc2n1. The highest BCUT2D eigenvalue weighted by Crippen LogP contribution is 2.23. The van der Waals surface area contributed by atoms with Crippen LogP contribution in [-0.4, -0.2) is 33.8 Å². The van der Waals surface area contributed by atoms with Gasteiger partial charge in [0.25, 0.3) is 11.8 Å². The Hall–Kier alpha value is -3.15. The molecule has 0 bridgehead atoms. The summed E-state index contributed by atoms with van der Waals surface area (Å²) in [6.07, 6.45) is 3.45. The minimum Gasteiger partial charge on any atom is -0.350 e. The van der Waals surface area contributed by atoms with Gasteiger partial charge in [-0.3, -0.25) is 14.0 Å². The maximum absolute atomic E-state index is 13.0. The average Bonchev–Trinajstić information content (AvgIpc) is 3.21. The highest BCUT2D eigenvalue weighted by atomic mass is 16.2. The van der Waals surface area contributed by atoms with Gasteiger partial charge in [0, 0.05) is 24.7 Å². The molecule has 0 radical (unpaired) electrons. The Morgan fingerprint density at radius 2 is 1.74 bits per heavy atom. The maximum Gasteiger partial charge on any atom is 0.271 e. The lowest BCUT2D eigenvalue weighted by molar-refractivity contribution is 0.0928. The summed E-state index contributed by atoms with van der Waals surface area (Å²) in [4.78, 5) is 29.9. The molecule has 3 aromatic rings. The summed E-state index contributed by atoms with van der Waals surface area (Å²) in [5.41, 5.74) is 2.57. The second-order valence-electron chi connectivity index (χ2n) is 8.50. The van der Waals surface area contributed by atoms with Crippen LogP contribution < -0.4 is 10.6 Å². The molecule has 2 heterocycles. The lowest BCUT2D eigenvalue weighted by Crippen LogP contribution is -2.32. The molecule has 2 unspecified atom stereocenters. The van der Waals surface area contributed by atoms with Crippen LogP contribution in [0, 0.1) is 5.92 Å². The molecule has 0 spiro atoms. The number of hydrogen-bond acceptors (Lipinski definition) is 3. The van der Waals surface area contributed by atoms with Gasteiger partial charge >= 0.3 is 0 Å². The molecular weight excluding hydrogens is 388 g/mol. The summed E-state index contributed by atoms with van der Waals surface area (Å²) in [7, 11) is 0. The van der Waals surface area contributed by atoms with E-state index in [1.807, 2.05) is 32.0 Å². The number of hydrogen-bond donors (Lipinski definition) is 2. The van der Waals surface area contributed by atoms with E-state index in [1.54, 1.807) is 28.8 Å². The Bertz CT molecular complexity index is 1030. The molecule has 6 heteroatoms. The third kappa shape index (κ3) is 5.72. The Kier molecular flexibility index (Phi) is 7.45. The third-order valence-electron chi connectivity index (χ3n) is 5.48. The number of rotatable bonds is 9. The summed E-state index contributed by atoms with van der Waals surface area (Å²) in [6.45, 7) is 8.89. The van der Waals surface area contributed by atoms with Gasteiger partial charge in [-0.05, 0) is 43.4 Å². The van der Waals surface area contributed by atoms with E-state index in [-0.39, 0.29) is 23.8 Å². The fourth-order valence-corrected chi connectivity index (χ4v) is 3.64. The molecule has 6 nitrogen and oxygen atoms in total. The Morgan fingerprint density at radius 1 is 1.00 bits per heavy atom. The van der Waals surface area contributed by atoms with Crippen LogP contribution >= 0.6 is 0 Å². The van der Waals surface area contributed by atoms with Crippen molar-refractivity contribution in [1.29, 1.82) is 0 Å². The predicted octanol–water partition coefficient (Wildman–Crippen LogP) is 4.42. The van der Waals surface area contributed by atoms with Crippen LogP contribution in [0.4, 0.5) is 0 Å². The van der Waals surface area contributed by atoms with Crippen molar-refractivity contribution in [3.05, 3.63) is 71.7 Å². The largest absolute Gasteiger partial charge is 0.350 e. The molecule has 164 valence electrons. The zero-order valence-corrected chi connectivity index (χ0v) is 18.8. The predicted molar refractivity (Wildman–Crippen MR) is 123 cm³/mol.